The minimum Gasteiger partial charge on any atom is -0.486 e. The maximum atomic E-state index is 10.2. The molecule has 130 valence electrons. The van der Waals surface area contributed by atoms with E-state index in [4.69, 9.17) is 13.9 Å². The van der Waals surface area contributed by atoms with Gasteiger partial charge in [-0.15, -0.1) is 0 Å². The molecule has 1 aliphatic heterocycles. The van der Waals surface area contributed by atoms with Crippen LogP contribution >= 0.6 is 0 Å². The van der Waals surface area contributed by atoms with E-state index in [1.165, 1.54) is 5.56 Å². The lowest BCUT2D eigenvalue weighted by molar-refractivity contribution is 0.126. The highest BCUT2D eigenvalue weighted by atomic mass is 16.6. The maximum absolute atomic E-state index is 10.2. The smallest absolute Gasteiger partial charge is 0.161 e. The summed E-state index contributed by atoms with van der Waals surface area (Å²) >= 11 is 0. The van der Waals surface area contributed by atoms with E-state index in [9.17, 15) is 5.11 Å². The molecule has 0 amide bonds. The van der Waals surface area contributed by atoms with E-state index in [1.807, 2.05) is 12.1 Å². The number of hydrogen-bond donors (Lipinski definition) is 2. The SMILES string of the molecule is CCC(NC(C)CC(O)c1ccco1)c1ccc2c(c1)OCCO2. The van der Waals surface area contributed by atoms with Gasteiger partial charge in [0.2, 0.25) is 0 Å². The number of nitrogens with one attached hydrogen (secondary N) is 1. The average molecular weight is 331 g/mol. The van der Waals surface area contributed by atoms with Gasteiger partial charge < -0.3 is 24.3 Å². The van der Waals surface area contributed by atoms with Crippen molar-refractivity contribution in [1.82, 2.24) is 5.32 Å². The molecule has 0 saturated heterocycles. The van der Waals surface area contributed by atoms with Gasteiger partial charge in [-0.3, -0.25) is 0 Å². The molecule has 1 aliphatic rings. The van der Waals surface area contributed by atoms with E-state index in [-0.39, 0.29) is 12.1 Å². The summed E-state index contributed by atoms with van der Waals surface area (Å²) in [7, 11) is 0. The Morgan fingerprint density at radius 2 is 1.96 bits per heavy atom. The van der Waals surface area contributed by atoms with Gasteiger partial charge in [0.1, 0.15) is 25.1 Å². The van der Waals surface area contributed by atoms with Crippen molar-refractivity contribution >= 4 is 0 Å². The molecule has 0 fully saturated rings. The van der Waals surface area contributed by atoms with Crippen molar-refractivity contribution in [2.75, 3.05) is 13.2 Å². The van der Waals surface area contributed by atoms with Gasteiger partial charge in [0, 0.05) is 12.1 Å². The molecule has 5 nitrogen and oxygen atoms in total. The summed E-state index contributed by atoms with van der Waals surface area (Å²) in [6.07, 6.45) is 2.52. The van der Waals surface area contributed by atoms with Crippen LogP contribution in [0.25, 0.3) is 0 Å². The number of furan rings is 1. The number of benzene rings is 1. The lowest BCUT2D eigenvalue weighted by Crippen LogP contribution is -2.31. The van der Waals surface area contributed by atoms with E-state index < -0.39 is 6.10 Å². The maximum Gasteiger partial charge on any atom is 0.161 e. The summed E-state index contributed by atoms with van der Waals surface area (Å²) in [5.41, 5.74) is 1.17. The summed E-state index contributed by atoms with van der Waals surface area (Å²) in [6.45, 7) is 5.41. The second-order valence-electron chi connectivity index (χ2n) is 6.20. The quantitative estimate of drug-likeness (QED) is 0.811. The molecule has 0 radical (unpaired) electrons. The minimum atomic E-state index is -0.597. The van der Waals surface area contributed by atoms with Crippen LogP contribution in [-0.2, 0) is 0 Å². The number of fused-ring (bicyclic) bond motifs is 1. The zero-order valence-electron chi connectivity index (χ0n) is 14.2. The van der Waals surface area contributed by atoms with Crippen LogP contribution in [0.3, 0.4) is 0 Å². The van der Waals surface area contributed by atoms with Gasteiger partial charge >= 0.3 is 0 Å². The highest BCUT2D eigenvalue weighted by Crippen LogP contribution is 2.33. The molecule has 0 spiro atoms. The van der Waals surface area contributed by atoms with Gasteiger partial charge in [0.25, 0.3) is 0 Å². The van der Waals surface area contributed by atoms with Crippen molar-refractivity contribution in [3.63, 3.8) is 0 Å². The van der Waals surface area contributed by atoms with Crippen molar-refractivity contribution in [3.8, 4) is 11.5 Å². The number of hydrogen-bond acceptors (Lipinski definition) is 5. The highest BCUT2D eigenvalue weighted by Gasteiger charge is 2.20. The Morgan fingerprint density at radius 1 is 1.17 bits per heavy atom. The number of aliphatic hydroxyl groups is 1. The predicted octanol–water partition coefficient (Wildman–Crippen LogP) is 3.60. The van der Waals surface area contributed by atoms with Crippen molar-refractivity contribution in [1.29, 1.82) is 0 Å². The molecule has 3 unspecified atom stereocenters. The summed E-state index contributed by atoms with van der Waals surface area (Å²) < 4.78 is 16.5. The molecule has 2 heterocycles. The zero-order chi connectivity index (χ0) is 16.9. The van der Waals surface area contributed by atoms with Crippen molar-refractivity contribution in [3.05, 3.63) is 47.9 Å². The Hall–Kier alpha value is -1.98. The third-order valence-electron chi connectivity index (χ3n) is 4.31. The van der Waals surface area contributed by atoms with Crippen molar-refractivity contribution in [2.45, 2.75) is 44.9 Å². The molecule has 5 heteroatoms. The van der Waals surface area contributed by atoms with Crippen LogP contribution in [0.4, 0.5) is 0 Å². The highest BCUT2D eigenvalue weighted by molar-refractivity contribution is 5.44. The number of aliphatic hydroxyl groups excluding tert-OH is 1. The first-order valence-corrected chi connectivity index (χ1v) is 8.54. The molecule has 3 atom stereocenters. The normalized spacial score (nSPS) is 17.3. The van der Waals surface area contributed by atoms with E-state index in [0.717, 1.165) is 17.9 Å². The monoisotopic (exact) mass is 331 g/mol. The third kappa shape index (κ3) is 3.91. The lowest BCUT2D eigenvalue weighted by atomic mass is 10.0. The zero-order valence-corrected chi connectivity index (χ0v) is 14.2. The van der Waals surface area contributed by atoms with E-state index in [1.54, 1.807) is 18.4 Å². The summed E-state index contributed by atoms with van der Waals surface area (Å²) in [4.78, 5) is 0. The Labute approximate surface area is 142 Å². The van der Waals surface area contributed by atoms with Gasteiger partial charge in [0.15, 0.2) is 11.5 Å². The second-order valence-corrected chi connectivity index (χ2v) is 6.20. The van der Waals surface area contributed by atoms with E-state index in [2.05, 4.69) is 25.2 Å². The molecule has 2 N–H and O–H groups in total. The van der Waals surface area contributed by atoms with Gasteiger partial charge in [-0.05, 0) is 49.6 Å². The van der Waals surface area contributed by atoms with Gasteiger partial charge in [-0.1, -0.05) is 13.0 Å². The van der Waals surface area contributed by atoms with Gasteiger partial charge in [-0.2, -0.15) is 0 Å². The topological polar surface area (TPSA) is 63.9 Å². The standard InChI is InChI=1S/C19H25NO4/c1-3-15(14-6-7-18-19(12-14)24-10-9-23-18)20-13(2)11-16(21)17-5-4-8-22-17/h4-8,12-13,15-16,20-21H,3,9-11H2,1-2H3. The van der Waals surface area contributed by atoms with Crippen LogP contribution in [0, 0.1) is 0 Å². The summed E-state index contributed by atoms with van der Waals surface area (Å²) in [5.74, 6) is 2.22. The molecule has 1 aromatic heterocycles. The molecule has 0 saturated carbocycles. The minimum absolute atomic E-state index is 0.142. The first kappa shape index (κ1) is 16.9. The summed E-state index contributed by atoms with van der Waals surface area (Å²) in [6, 6.07) is 10.0. The number of ether oxygens (including phenoxy) is 2. The average Bonchev–Trinajstić information content (AvgIpc) is 3.14. The molecule has 3 rings (SSSR count). The number of rotatable bonds is 7. The van der Waals surface area contributed by atoms with Gasteiger partial charge in [-0.25, -0.2) is 0 Å². The lowest BCUT2D eigenvalue weighted by Gasteiger charge is -2.25. The van der Waals surface area contributed by atoms with Crippen molar-refractivity contribution in [2.24, 2.45) is 0 Å². The molecule has 0 bridgehead atoms. The third-order valence-corrected chi connectivity index (χ3v) is 4.31. The van der Waals surface area contributed by atoms with Crippen LogP contribution in [0.15, 0.2) is 41.0 Å². The van der Waals surface area contributed by atoms with Gasteiger partial charge in [0.05, 0.1) is 6.26 Å². The fraction of sp³-hybridized carbons (Fsp3) is 0.474. The Kier molecular flexibility index (Phi) is 5.43. The van der Waals surface area contributed by atoms with E-state index >= 15 is 0 Å². The first-order valence-electron chi connectivity index (χ1n) is 8.54. The fourth-order valence-corrected chi connectivity index (χ4v) is 3.07. The van der Waals surface area contributed by atoms with Crippen LogP contribution < -0.4 is 14.8 Å². The predicted molar refractivity (Wildman–Crippen MR) is 91.3 cm³/mol. The van der Waals surface area contributed by atoms with Crippen molar-refractivity contribution < 1.29 is 19.0 Å². The Bertz CT molecular complexity index is 641. The molecule has 2 aromatic rings. The second kappa shape index (κ2) is 7.73. The largest absolute Gasteiger partial charge is 0.486 e. The Morgan fingerprint density at radius 3 is 2.67 bits per heavy atom. The molecule has 24 heavy (non-hydrogen) atoms. The fourth-order valence-electron chi connectivity index (χ4n) is 3.07. The van der Waals surface area contributed by atoms with Crippen LogP contribution in [0.5, 0.6) is 11.5 Å². The molecule has 0 aliphatic carbocycles. The van der Waals surface area contributed by atoms with Crippen LogP contribution in [-0.4, -0.2) is 24.4 Å². The van der Waals surface area contributed by atoms with Crippen LogP contribution in [0.1, 0.15) is 50.2 Å². The molecular formula is C19H25NO4. The summed E-state index contributed by atoms with van der Waals surface area (Å²) in [5, 5.41) is 13.8. The van der Waals surface area contributed by atoms with E-state index in [0.29, 0.717) is 25.4 Å². The van der Waals surface area contributed by atoms with Crippen LogP contribution in [0.2, 0.25) is 0 Å². The Balaban J connectivity index is 1.63. The first-order chi connectivity index (χ1) is 11.7. The molecule has 1 aromatic carbocycles. The molecular weight excluding hydrogens is 306 g/mol.